The van der Waals surface area contributed by atoms with Crippen LogP contribution in [-0.4, -0.2) is 6.09 Å². The minimum Gasteiger partial charge on any atom is -0.441 e. The minimum absolute atomic E-state index is 0.273. The number of rotatable bonds is 6. The van der Waals surface area contributed by atoms with Gasteiger partial charge in [0.2, 0.25) is 0 Å². The Bertz CT molecular complexity index is 1310. The van der Waals surface area contributed by atoms with Crippen molar-refractivity contribution in [1.29, 1.82) is 0 Å². The Hall–Kier alpha value is -3.51. The summed E-state index contributed by atoms with van der Waals surface area (Å²) in [6, 6.07) is 23.8. The summed E-state index contributed by atoms with van der Waals surface area (Å²) < 4.78 is 33.4. The Morgan fingerprint density at radius 1 is 0.941 bits per heavy atom. The quantitative estimate of drug-likeness (QED) is 0.303. The average molecular weight is 476 g/mol. The number of nitrogens with one attached hydrogen (secondary N) is 1. The number of ether oxygens (including phenoxy) is 1. The van der Waals surface area contributed by atoms with Gasteiger partial charge in [-0.1, -0.05) is 66.7 Å². The van der Waals surface area contributed by atoms with E-state index in [0.29, 0.717) is 10.6 Å². The minimum atomic E-state index is -0.793. The van der Waals surface area contributed by atoms with E-state index in [0.717, 1.165) is 33.9 Å². The summed E-state index contributed by atoms with van der Waals surface area (Å²) in [5.41, 5.74) is 4.95. The van der Waals surface area contributed by atoms with Crippen LogP contribution in [0, 0.1) is 10.9 Å². The number of amides is 1. The van der Waals surface area contributed by atoms with Crippen LogP contribution < -0.4 is 5.32 Å². The molecule has 1 amide bonds. The molecule has 3 aromatic carbocycles. The molecule has 0 saturated heterocycles. The molecular weight excluding hydrogens is 452 g/mol. The van der Waals surface area contributed by atoms with E-state index < -0.39 is 23.1 Å². The van der Waals surface area contributed by atoms with Crippen LogP contribution in [0.2, 0.25) is 0 Å². The van der Waals surface area contributed by atoms with E-state index in [1.807, 2.05) is 24.3 Å². The van der Waals surface area contributed by atoms with Gasteiger partial charge in [0, 0.05) is 11.6 Å². The number of hydrogen-bond donors (Lipinski definition) is 1. The zero-order chi connectivity index (χ0) is 23.7. The molecule has 6 heteroatoms. The summed E-state index contributed by atoms with van der Waals surface area (Å²) >= 11 is 0.944. The lowest BCUT2D eigenvalue weighted by atomic mass is 10.0. The van der Waals surface area contributed by atoms with Crippen molar-refractivity contribution >= 4 is 23.1 Å². The van der Waals surface area contributed by atoms with Crippen LogP contribution in [0.15, 0.2) is 78.9 Å². The number of carbonyl (C=O) groups excluding carboxylic acids is 1. The fourth-order valence-corrected chi connectivity index (χ4v) is 4.86. The first-order valence-electron chi connectivity index (χ1n) is 11.2. The molecule has 1 aliphatic rings. The molecule has 1 unspecified atom stereocenters. The molecule has 0 bridgehead atoms. The summed E-state index contributed by atoms with van der Waals surface area (Å²) in [4.78, 5) is 13.0. The molecule has 0 radical (unpaired) electrons. The summed E-state index contributed by atoms with van der Waals surface area (Å²) in [5.74, 6) is 0.268. The molecule has 1 aromatic heterocycles. The number of anilines is 1. The summed E-state index contributed by atoms with van der Waals surface area (Å²) in [6.45, 7) is 1.59. The maximum atomic E-state index is 14.1. The molecule has 172 valence electrons. The van der Waals surface area contributed by atoms with Crippen molar-refractivity contribution in [2.75, 3.05) is 5.32 Å². The molecule has 5 rings (SSSR count). The van der Waals surface area contributed by atoms with E-state index in [2.05, 4.69) is 29.6 Å². The van der Waals surface area contributed by atoms with Crippen LogP contribution in [0.4, 0.5) is 19.3 Å². The lowest BCUT2D eigenvalue weighted by Crippen LogP contribution is -2.16. The molecule has 0 aliphatic heterocycles. The zero-order valence-electron chi connectivity index (χ0n) is 18.6. The topological polar surface area (TPSA) is 38.3 Å². The Balaban J connectivity index is 1.30. The van der Waals surface area contributed by atoms with E-state index >= 15 is 0 Å². The Kier molecular flexibility index (Phi) is 6.16. The smallest absolute Gasteiger partial charge is 0.412 e. The van der Waals surface area contributed by atoms with E-state index in [4.69, 9.17) is 4.74 Å². The van der Waals surface area contributed by atoms with Crippen molar-refractivity contribution < 1.29 is 18.3 Å². The number of thiophene rings is 1. The van der Waals surface area contributed by atoms with Crippen molar-refractivity contribution in [3.8, 4) is 21.6 Å². The molecule has 1 atom stereocenters. The van der Waals surface area contributed by atoms with Crippen molar-refractivity contribution in [3.05, 3.63) is 101 Å². The lowest BCUT2D eigenvalue weighted by Gasteiger charge is -2.15. The fraction of sp³-hybridized carbons (Fsp3) is 0.179. The maximum Gasteiger partial charge on any atom is 0.412 e. The summed E-state index contributed by atoms with van der Waals surface area (Å²) in [7, 11) is 0. The van der Waals surface area contributed by atoms with Crippen molar-refractivity contribution in [2.24, 2.45) is 0 Å². The molecule has 1 N–H and O–H groups in total. The standard InChI is InChI=1S/C28H23F2NO2S/c1-17(23-4-2-3-5-24(23)29)33-28(32)31-25-16-26(30)34-27(25)22-14-12-21(13-15-22)20-10-8-19(9-11-20)18-6-7-18/h2-5,8-18H,6-7H2,1H3,(H,31,32). The van der Waals surface area contributed by atoms with Gasteiger partial charge in [0.1, 0.15) is 11.9 Å². The Labute approximate surface area is 201 Å². The Morgan fingerprint density at radius 3 is 2.21 bits per heavy atom. The van der Waals surface area contributed by atoms with Crippen LogP contribution in [0.3, 0.4) is 0 Å². The SMILES string of the molecule is CC(OC(=O)Nc1cc(F)sc1-c1ccc(-c2ccc(C3CC3)cc2)cc1)c1ccccc1F. The third-order valence-electron chi connectivity index (χ3n) is 6.01. The number of benzene rings is 3. The van der Waals surface area contributed by atoms with Crippen molar-refractivity contribution in [3.63, 3.8) is 0 Å². The van der Waals surface area contributed by atoms with Gasteiger partial charge in [-0.2, -0.15) is 4.39 Å². The first kappa shape index (κ1) is 22.3. The van der Waals surface area contributed by atoms with Gasteiger partial charge in [-0.15, -0.1) is 11.3 Å². The van der Waals surface area contributed by atoms with Crippen LogP contribution in [0.5, 0.6) is 0 Å². The monoisotopic (exact) mass is 475 g/mol. The highest BCUT2D eigenvalue weighted by atomic mass is 32.1. The molecule has 1 aliphatic carbocycles. The van der Waals surface area contributed by atoms with Crippen LogP contribution in [0.25, 0.3) is 21.6 Å². The molecule has 3 nitrogen and oxygen atoms in total. The van der Waals surface area contributed by atoms with Gasteiger partial charge in [0.15, 0.2) is 5.13 Å². The number of halogens is 2. The summed E-state index contributed by atoms with van der Waals surface area (Å²) in [5, 5.41) is 2.18. The van der Waals surface area contributed by atoms with Crippen molar-refractivity contribution in [2.45, 2.75) is 31.8 Å². The molecule has 0 spiro atoms. The second-order valence-electron chi connectivity index (χ2n) is 8.46. The van der Waals surface area contributed by atoms with Gasteiger partial charge in [0.25, 0.3) is 0 Å². The highest BCUT2D eigenvalue weighted by Gasteiger charge is 2.23. The summed E-state index contributed by atoms with van der Waals surface area (Å²) in [6.07, 6.45) is 0.982. The van der Waals surface area contributed by atoms with Crippen molar-refractivity contribution in [1.82, 2.24) is 0 Å². The van der Waals surface area contributed by atoms with Gasteiger partial charge < -0.3 is 4.74 Å². The van der Waals surface area contributed by atoms with Gasteiger partial charge in [-0.25, -0.2) is 9.18 Å². The highest BCUT2D eigenvalue weighted by Crippen LogP contribution is 2.41. The lowest BCUT2D eigenvalue weighted by molar-refractivity contribution is 0.119. The third-order valence-corrected chi connectivity index (χ3v) is 6.98. The van der Waals surface area contributed by atoms with Crippen LogP contribution >= 0.6 is 11.3 Å². The van der Waals surface area contributed by atoms with Gasteiger partial charge in [-0.05, 0) is 54.0 Å². The first-order valence-corrected chi connectivity index (χ1v) is 12.0. The second-order valence-corrected chi connectivity index (χ2v) is 9.46. The second kappa shape index (κ2) is 9.39. The van der Waals surface area contributed by atoms with Gasteiger partial charge in [0.05, 0.1) is 10.6 Å². The first-order chi connectivity index (χ1) is 16.5. The van der Waals surface area contributed by atoms with E-state index in [-0.39, 0.29) is 5.56 Å². The van der Waals surface area contributed by atoms with E-state index in [1.165, 1.54) is 30.5 Å². The van der Waals surface area contributed by atoms with E-state index in [9.17, 15) is 13.6 Å². The molecule has 1 heterocycles. The van der Waals surface area contributed by atoms with E-state index in [1.54, 1.807) is 25.1 Å². The van der Waals surface area contributed by atoms with Gasteiger partial charge in [-0.3, -0.25) is 5.32 Å². The third kappa shape index (κ3) is 4.87. The van der Waals surface area contributed by atoms with Crippen LogP contribution in [0.1, 0.15) is 42.9 Å². The zero-order valence-corrected chi connectivity index (χ0v) is 19.4. The maximum absolute atomic E-state index is 14.1. The normalized spacial score (nSPS) is 14.0. The Morgan fingerprint density at radius 2 is 1.56 bits per heavy atom. The van der Waals surface area contributed by atoms with Gasteiger partial charge >= 0.3 is 6.09 Å². The molecule has 1 fully saturated rings. The predicted octanol–water partition coefficient (Wildman–Crippen LogP) is 8.55. The van der Waals surface area contributed by atoms with Crippen LogP contribution in [-0.2, 0) is 4.74 Å². The number of carbonyl (C=O) groups is 1. The number of hydrogen-bond acceptors (Lipinski definition) is 3. The fourth-order valence-electron chi connectivity index (χ4n) is 4.01. The molecular formula is C28H23F2NO2S. The molecule has 1 saturated carbocycles. The highest BCUT2D eigenvalue weighted by molar-refractivity contribution is 7.14. The molecule has 4 aromatic rings. The largest absolute Gasteiger partial charge is 0.441 e. The molecule has 34 heavy (non-hydrogen) atoms. The predicted molar refractivity (Wildman–Crippen MR) is 132 cm³/mol. The average Bonchev–Trinajstić information content (AvgIpc) is 3.62.